The smallest absolute Gasteiger partial charge is 0.440 e. The van der Waals surface area contributed by atoms with Gasteiger partial charge in [0.25, 0.3) is 0 Å². The molecule has 0 aliphatic carbocycles. The van der Waals surface area contributed by atoms with Gasteiger partial charge in [-0.3, -0.25) is 9.36 Å². The number of aromatic nitrogens is 2. The molecule has 13 nitrogen and oxygen atoms in total. The summed E-state index contributed by atoms with van der Waals surface area (Å²) in [5.41, 5.74) is 3.16. The SMILES string of the molecule is COC(=O)C(C)(C)NP(=O)(O)OOc1ccccc1OC[C@H]1S[C@@H](n2ccc(N)nc2=O)[C@@H](F)[C@@H]1O. The highest BCUT2D eigenvalue weighted by molar-refractivity contribution is 8.00. The number of nitrogens with one attached hydrogen (secondary N) is 1. The van der Waals surface area contributed by atoms with Crippen LogP contribution in [0.25, 0.3) is 0 Å². The Morgan fingerprint density at radius 1 is 1.33 bits per heavy atom. The van der Waals surface area contributed by atoms with Gasteiger partial charge in [-0.05, 0) is 32.0 Å². The average molecular weight is 548 g/mol. The van der Waals surface area contributed by atoms with Crippen molar-refractivity contribution in [1.29, 1.82) is 0 Å². The number of nitrogens with two attached hydrogens (primary N) is 1. The van der Waals surface area contributed by atoms with E-state index in [0.29, 0.717) is 0 Å². The molecule has 1 aliphatic rings. The Morgan fingerprint density at radius 3 is 2.64 bits per heavy atom. The van der Waals surface area contributed by atoms with Gasteiger partial charge >= 0.3 is 19.4 Å². The number of ether oxygens (including phenoxy) is 2. The summed E-state index contributed by atoms with van der Waals surface area (Å²) >= 11 is 0.976. The van der Waals surface area contributed by atoms with Crippen LogP contribution in [0.4, 0.5) is 10.2 Å². The summed E-state index contributed by atoms with van der Waals surface area (Å²) in [5.74, 6) is -0.861. The first-order valence-electron chi connectivity index (χ1n) is 10.5. The predicted molar refractivity (Wildman–Crippen MR) is 127 cm³/mol. The molecule has 1 aliphatic heterocycles. The fourth-order valence-electron chi connectivity index (χ4n) is 3.26. The largest absolute Gasteiger partial charge is 0.488 e. The molecule has 1 aromatic heterocycles. The van der Waals surface area contributed by atoms with Crippen molar-refractivity contribution in [3.05, 3.63) is 47.0 Å². The molecular weight excluding hydrogens is 522 g/mol. The number of para-hydroxylation sites is 2. The van der Waals surface area contributed by atoms with Crippen LogP contribution >= 0.6 is 19.5 Å². The Balaban J connectivity index is 1.65. The summed E-state index contributed by atoms with van der Waals surface area (Å²) in [6.45, 7) is 2.42. The number of benzene rings is 1. The van der Waals surface area contributed by atoms with Crippen LogP contribution in [0.1, 0.15) is 19.2 Å². The number of methoxy groups -OCH3 is 1. The number of hydrogen-bond donors (Lipinski definition) is 4. The van der Waals surface area contributed by atoms with Gasteiger partial charge in [0.15, 0.2) is 11.9 Å². The first kappa shape index (κ1) is 27.9. The van der Waals surface area contributed by atoms with E-state index in [4.69, 9.17) is 15.4 Å². The molecule has 16 heteroatoms. The van der Waals surface area contributed by atoms with Crippen molar-refractivity contribution in [2.45, 2.75) is 42.3 Å². The van der Waals surface area contributed by atoms with E-state index in [1.165, 1.54) is 44.3 Å². The van der Waals surface area contributed by atoms with Crippen molar-refractivity contribution < 1.29 is 42.8 Å². The van der Waals surface area contributed by atoms with E-state index in [-0.39, 0.29) is 23.9 Å². The van der Waals surface area contributed by atoms with Crippen molar-refractivity contribution in [3.63, 3.8) is 0 Å². The lowest BCUT2D eigenvalue weighted by Crippen LogP contribution is -2.45. The molecule has 0 spiro atoms. The lowest BCUT2D eigenvalue weighted by atomic mass is 10.1. The van der Waals surface area contributed by atoms with Crippen molar-refractivity contribution in [1.82, 2.24) is 14.6 Å². The van der Waals surface area contributed by atoms with E-state index in [1.54, 1.807) is 6.07 Å². The van der Waals surface area contributed by atoms with Crippen LogP contribution in [-0.2, 0) is 18.8 Å². The van der Waals surface area contributed by atoms with E-state index >= 15 is 0 Å². The second-order valence-electron chi connectivity index (χ2n) is 8.21. The first-order valence-corrected chi connectivity index (χ1v) is 13.0. The molecule has 0 amide bonds. The zero-order valence-corrected chi connectivity index (χ0v) is 21.1. The first-order chi connectivity index (χ1) is 16.8. The second-order valence-corrected chi connectivity index (χ2v) is 11.0. The minimum absolute atomic E-state index is 0.00889. The van der Waals surface area contributed by atoms with Gasteiger partial charge in [-0.15, -0.1) is 11.8 Å². The summed E-state index contributed by atoms with van der Waals surface area (Å²) in [6.07, 6.45) is -1.95. The molecule has 0 saturated carbocycles. The number of halogens is 1. The lowest BCUT2D eigenvalue weighted by Gasteiger charge is -2.25. The topological polar surface area (TPSA) is 184 Å². The summed E-state index contributed by atoms with van der Waals surface area (Å²) in [4.78, 5) is 42.4. The molecule has 3 rings (SSSR count). The van der Waals surface area contributed by atoms with Gasteiger partial charge in [-0.2, -0.15) is 4.98 Å². The number of nitrogens with zero attached hydrogens (tertiary/aromatic N) is 2. The van der Waals surface area contributed by atoms with Crippen molar-refractivity contribution >= 4 is 31.3 Å². The highest BCUT2D eigenvalue weighted by Crippen LogP contribution is 2.44. The molecule has 1 aromatic carbocycles. The number of aliphatic hydroxyl groups is 1. The van der Waals surface area contributed by atoms with Crippen LogP contribution in [0.3, 0.4) is 0 Å². The Labute approximate surface area is 209 Å². The molecule has 2 heterocycles. The third-order valence-electron chi connectivity index (χ3n) is 5.02. The second kappa shape index (κ2) is 11.2. The number of carbonyl (C=O) groups is 1. The van der Waals surface area contributed by atoms with Gasteiger partial charge in [-0.25, -0.2) is 18.8 Å². The molecule has 198 valence electrons. The highest BCUT2D eigenvalue weighted by Gasteiger charge is 2.45. The molecule has 5 N–H and O–H groups in total. The molecule has 1 unspecified atom stereocenters. The maximum atomic E-state index is 14.8. The van der Waals surface area contributed by atoms with E-state index in [1.807, 2.05) is 0 Å². The zero-order chi connectivity index (χ0) is 26.7. The normalized spacial score (nSPS) is 23.6. The summed E-state index contributed by atoms with van der Waals surface area (Å²) in [6, 6.07) is 7.29. The Kier molecular flexibility index (Phi) is 8.64. The number of esters is 1. The van der Waals surface area contributed by atoms with E-state index in [9.17, 15) is 28.5 Å². The van der Waals surface area contributed by atoms with E-state index in [0.717, 1.165) is 23.4 Å². The molecule has 1 fully saturated rings. The number of hydrogen-bond acceptors (Lipinski definition) is 11. The number of rotatable bonds is 10. The lowest BCUT2D eigenvalue weighted by molar-refractivity contribution is -0.147. The Morgan fingerprint density at radius 2 is 2.00 bits per heavy atom. The van der Waals surface area contributed by atoms with Crippen LogP contribution in [-0.4, -0.2) is 62.3 Å². The molecule has 2 aromatic rings. The Bertz CT molecular complexity index is 1200. The summed E-state index contributed by atoms with van der Waals surface area (Å²) in [7, 11) is -3.52. The van der Waals surface area contributed by atoms with E-state index in [2.05, 4.69) is 19.5 Å². The standard InChI is InChI=1S/C20H26FN4O9PS/c1-20(2,18(27)31-3)24-35(29,30)34-33-12-7-5-4-6-11(12)32-10-13-16(26)15(21)17(36-13)25-9-8-14(22)23-19(25)28/h4-9,13,15-17,26H,10H2,1-3H3,(H2,22,23,28)(H2,24,29,30)/t13-,15+,16-,17-/m1/s1. The third-order valence-corrected chi connectivity index (χ3v) is 7.67. The maximum Gasteiger partial charge on any atom is 0.440 e. The summed E-state index contributed by atoms with van der Waals surface area (Å²) in [5, 5.41) is 10.6. The number of thioether (sulfide) groups is 1. The van der Waals surface area contributed by atoms with Gasteiger partial charge in [-0.1, -0.05) is 16.8 Å². The number of anilines is 1. The molecular formula is C20H26FN4O9PS. The van der Waals surface area contributed by atoms with Crippen molar-refractivity contribution in [3.8, 4) is 11.5 Å². The summed E-state index contributed by atoms with van der Waals surface area (Å²) < 4.78 is 43.0. The van der Waals surface area contributed by atoms with Crippen LogP contribution in [0, 0.1) is 0 Å². The van der Waals surface area contributed by atoms with Gasteiger partial charge in [0.1, 0.15) is 29.4 Å². The van der Waals surface area contributed by atoms with Crippen LogP contribution in [0.15, 0.2) is 41.3 Å². The van der Waals surface area contributed by atoms with Crippen molar-refractivity contribution in [2.75, 3.05) is 19.5 Å². The van der Waals surface area contributed by atoms with Gasteiger partial charge in [0.05, 0.1) is 12.4 Å². The maximum absolute atomic E-state index is 14.8. The number of nitrogen functional groups attached to an aromatic ring is 1. The fraction of sp³-hybridized carbons (Fsp3) is 0.450. The predicted octanol–water partition coefficient (Wildman–Crippen LogP) is 1.17. The zero-order valence-electron chi connectivity index (χ0n) is 19.4. The number of aliphatic hydroxyl groups excluding tert-OH is 1. The van der Waals surface area contributed by atoms with Gasteiger partial charge < -0.3 is 30.1 Å². The monoisotopic (exact) mass is 548 g/mol. The number of alkyl halides is 1. The van der Waals surface area contributed by atoms with Crippen LogP contribution < -0.4 is 26.1 Å². The quantitative estimate of drug-likeness (QED) is 0.144. The highest BCUT2D eigenvalue weighted by atomic mass is 32.2. The minimum Gasteiger partial charge on any atom is -0.488 e. The van der Waals surface area contributed by atoms with E-state index < -0.39 is 47.8 Å². The van der Waals surface area contributed by atoms with Crippen LogP contribution in [0.2, 0.25) is 0 Å². The van der Waals surface area contributed by atoms with Crippen molar-refractivity contribution in [2.24, 2.45) is 0 Å². The molecule has 1 saturated heterocycles. The molecule has 36 heavy (non-hydrogen) atoms. The van der Waals surface area contributed by atoms with Gasteiger partial charge in [0.2, 0.25) is 5.75 Å². The Hall–Kier alpha value is -2.68. The number of carbonyl (C=O) groups excluding carboxylic acids is 1. The minimum atomic E-state index is -4.64. The molecule has 0 bridgehead atoms. The third kappa shape index (κ3) is 6.55. The molecule has 0 radical (unpaired) electrons. The van der Waals surface area contributed by atoms with Gasteiger partial charge in [0, 0.05) is 6.20 Å². The average Bonchev–Trinajstić information content (AvgIpc) is 3.09. The van der Waals surface area contributed by atoms with Crippen LogP contribution in [0.5, 0.6) is 11.5 Å². The molecule has 5 atom stereocenters. The fourth-order valence-corrected chi connectivity index (χ4v) is 5.69.